The number of hydrogen-bond donors (Lipinski definition) is 1. The Morgan fingerprint density at radius 2 is 2.13 bits per heavy atom. The second-order valence-corrected chi connectivity index (χ2v) is 6.30. The van der Waals surface area contributed by atoms with Crippen LogP contribution in [0.3, 0.4) is 0 Å². The van der Waals surface area contributed by atoms with Gasteiger partial charge in [0.15, 0.2) is 0 Å². The third-order valence-electron chi connectivity index (χ3n) is 2.92. The van der Waals surface area contributed by atoms with Gasteiger partial charge in [0.05, 0.1) is 0 Å². The molecule has 0 radical (unpaired) electrons. The molecule has 1 N–H and O–H groups in total. The Morgan fingerprint density at radius 1 is 1.53 bits per heavy atom. The van der Waals surface area contributed by atoms with Crippen molar-refractivity contribution in [2.75, 3.05) is 26.7 Å². The Morgan fingerprint density at radius 3 is 2.53 bits per heavy atom. The summed E-state index contributed by atoms with van der Waals surface area (Å²) in [4.78, 5) is 0. The van der Waals surface area contributed by atoms with Gasteiger partial charge in [0.1, 0.15) is 0 Å². The number of hydrogen-bond acceptors (Lipinski definition) is 3. The zero-order chi connectivity index (χ0) is 11.6. The van der Waals surface area contributed by atoms with E-state index in [1.165, 1.54) is 8.61 Å². The molecule has 1 fully saturated rings. The topological polar surface area (TPSA) is 60.9 Å². The zero-order valence-electron chi connectivity index (χ0n) is 9.55. The molecule has 1 unspecified atom stereocenters. The van der Waals surface area contributed by atoms with E-state index in [1.54, 1.807) is 7.05 Å². The molecule has 0 bridgehead atoms. The third-order valence-corrected chi connectivity index (χ3v) is 5.06. The smallest absolute Gasteiger partial charge is 0.281 e. The van der Waals surface area contributed by atoms with Crippen LogP contribution < -0.4 is 0 Å². The van der Waals surface area contributed by atoms with Gasteiger partial charge >= 0.3 is 0 Å². The predicted molar refractivity (Wildman–Crippen MR) is 58.6 cm³/mol. The molecular weight excluding hydrogens is 216 g/mol. The summed E-state index contributed by atoms with van der Waals surface area (Å²) >= 11 is 0. The van der Waals surface area contributed by atoms with Crippen molar-refractivity contribution >= 4 is 10.2 Å². The highest BCUT2D eigenvalue weighted by molar-refractivity contribution is 7.86. The second kappa shape index (κ2) is 4.78. The van der Waals surface area contributed by atoms with E-state index in [1.807, 2.05) is 13.8 Å². The second-order valence-electron chi connectivity index (χ2n) is 4.31. The maximum atomic E-state index is 12.0. The van der Waals surface area contributed by atoms with Gasteiger partial charge in [-0.1, -0.05) is 0 Å². The largest absolute Gasteiger partial charge is 0.396 e. The van der Waals surface area contributed by atoms with E-state index in [2.05, 4.69) is 0 Å². The molecule has 0 amide bonds. The van der Waals surface area contributed by atoms with Crippen molar-refractivity contribution in [2.24, 2.45) is 5.92 Å². The van der Waals surface area contributed by atoms with E-state index < -0.39 is 10.2 Å². The standard InChI is InChI=1S/C9H20N2O3S/c1-8(2)10(3)15(13,14)11-5-4-9(6-11)7-12/h8-9,12H,4-7H2,1-3H3. The van der Waals surface area contributed by atoms with E-state index in [0.717, 1.165) is 6.42 Å². The summed E-state index contributed by atoms with van der Waals surface area (Å²) in [7, 11) is -1.74. The van der Waals surface area contributed by atoms with E-state index in [4.69, 9.17) is 5.11 Å². The van der Waals surface area contributed by atoms with Crippen LogP contribution in [0.5, 0.6) is 0 Å². The fraction of sp³-hybridized carbons (Fsp3) is 1.00. The summed E-state index contributed by atoms with van der Waals surface area (Å²) in [6.07, 6.45) is 0.752. The van der Waals surface area contributed by atoms with Crippen LogP contribution in [0.4, 0.5) is 0 Å². The minimum atomic E-state index is -3.33. The molecule has 5 nitrogen and oxygen atoms in total. The number of rotatable bonds is 4. The quantitative estimate of drug-likeness (QED) is 0.740. The van der Waals surface area contributed by atoms with Gasteiger partial charge in [-0.3, -0.25) is 0 Å². The summed E-state index contributed by atoms with van der Waals surface area (Å²) in [5.74, 6) is 0.0975. The summed E-state index contributed by atoms with van der Waals surface area (Å²) in [5.41, 5.74) is 0. The molecule has 1 aliphatic heterocycles. The monoisotopic (exact) mass is 236 g/mol. The Bertz CT molecular complexity index is 302. The molecule has 1 atom stereocenters. The van der Waals surface area contributed by atoms with Gasteiger partial charge in [-0.2, -0.15) is 17.0 Å². The lowest BCUT2D eigenvalue weighted by Crippen LogP contribution is -2.43. The summed E-state index contributed by atoms with van der Waals surface area (Å²) in [5, 5.41) is 8.96. The van der Waals surface area contributed by atoms with Gasteiger partial charge in [0.25, 0.3) is 10.2 Å². The van der Waals surface area contributed by atoms with Crippen molar-refractivity contribution < 1.29 is 13.5 Å². The average Bonchev–Trinajstić information content (AvgIpc) is 2.65. The summed E-state index contributed by atoms with van der Waals surface area (Å²) in [6, 6.07) is -0.0387. The Kier molecular flexibility index (Phi) is 4.11. The average molecular weight is 236 g/mol. The Hall–Kier alpha value is -0.170. The minimum Gasteiger partial charge on any atom is -0.396 e. The van der Waals surface area contributed by atoms with Gasteiger partial charge in [-0.15, -0.1) is 0 Å². The van der Waals surface area contributed by atoms with Gasteiger partial charge in [-0.05, 0) is 26.2 Å². The van der Waals surface area contributed by atoms with Crippen LogP contribution in [0.1, 0.15) is 20.3 Å². The predicted octanol–water partition coefficient (Wildman–Crippen LogP) is -0.114. The van der Waals surface area contributed by atoms with Crippen molar-refractivity contribution in [1.29, 1.82) is 0 Å². The van der Waals surface area contributed by atoms with Crippen LogP contribution >= 0.6 is 0 Å². The molecule has 0 aromatic carbocycles. The Balaban J connectivity index is 2.72. The first kappa shape index (κ1) is 12.9. The molecule has 0 saturated carbocycles. The van der Waals surface area contributed by atoms with Gasteiger partial charge in [0.2, 0.25) is 0 Å². The molecule has 1 saturated heterocycles. The van der Waals surface area contributed by atoms with E-state index in [-0.39, 0.29) is 18.6 Å². The lowest BCUT2D eigenvalue weighted by atomic mass is 10.1. The molecule has 0 aromatic heterocycles. The number of nitrogens with zero attached hydrogens (tertiary/aromatic N) is 2. The van der Waals surface area contributed by atoms with E-state index in [9.17, 15) is 8.42 Å². The molecule has 90 valence electrons. The lowest BCUT2D eigenvalue weighted by Gasteiger charge is -2.26. The normalized spacial score (nSPS) is 24.3. The fourth-order valence-electron chi connectivity index (χ4n) is 1.60. The highest BCUT2D eigenvalue weighted by Crippen LogP contribution is 2.21. The van der Waals surface area contributed by atoms with Crippen LogP contribution in [0.15, 0.2) is 0 Å². The molecule has 1 heterocycles. The molecule has 1 rings (SSSR count). The summed E-state index contributed by atoms with van der Waals surface area (Å²) in [6.45, 7) is 4.71. The molecule has 6 heteroatoms. The molecule has 0 aromatic rings. The van der Waals surface area contributed by atoms with Gasteiger partial charge < -0.3 is 5.11 Å². The van der Waals surface area contributed by atoms with Crippen LogP contribution in [-0.4, -0.2) is 54.9 Å². The van der Waals surface area contributed by atoms with Crippen LogP contribution in [-0.2, 0) is 10.2 Å². The first-order valence-electron chi connectivity index (χ1n) is 5.23. The van der Waals surface area contributed by atoms with Crippen LogP contribution in [0.2, 0.25) is 0 Å². The molecule has 15 heavy (non-hydrogen) atoms. The van der Waals surface area contributed by atoms with E-state index >= 15 is 0 Å². The third kappa shape index (κ3) is 2.69. The maximum absolute atomic E-state index is 12.0. The van der Waals surface area contributed by atoms with E-state index in [0.29, 0.717) is 13.1 Å². The first-order chi connectivity index (χ1) is 6.89. The maximum Gasteiger partial charge on any atom is 0.281 e. The molecule has 1 aliphatic rings. The molecule has 0 spiro atoms. The van der Waals surface area contributed by atoms with Crippen molar-refractivity contribution in [2.45, 2.75) is 26.3 Å². The summed E-state index contributed by atoms with van der Waals surface area (Å²) < 4.78 is 26.8. The zero-order valence-corrected chi connectivity index (χ0v) is 10.4. The van der Waals surface area contributed by atoms with Crippen LogP contribution in [0.25, 0.3) is 0 Å². The number of aliphatic hydroxyl groups excluding tert-OH is 1. The molecular formula is C9H20N2O3S. The van der Waals surface area contributed by atoms with Crippen molar-refractivity contribution in [3.05, 3.63) is 0 Å². The van der Waals surface area contributed by atoms with Gasteiger partial charge in [0, 0.05) is 32.8 Å². The van der Waals surface area contributed by atoms with Crippen molar-refractivity contribution in [3.8, 4) is 0 Å². The number of aliphatic hydroxyl groups is 1. The highest BCUT2D eigenvalue weighted by atomic mass is 32.2. The molecule has 0 aliphatic carbocycles. The first-order valence-corrected chi connectivity index (χ1v) is 6.63. The minimum absolute atomic E-state index is 0.0387. The fourth-order valence-corrected chi connectivity index (χ4v) is 3.24. The van der Waals surface area contributed by atoms with Crippen LogP contribution in [0, 0.1) is 5.92 Å². The lowest BCUT2D eigenvalue weighted by molar-refractivity contribution is 0.232. The van der Waals surface area contributed by atoms with Crippen molar-refractivity contribution in [3.63, 3.8) is 0 Å². The van der Waals surface area contributed by atoms with Crippen molar-refractivity contribution in [1.82, 2.24) is 8.61 Å². The van der Waals surface area contributed by atoms with Gasteiger partial charge in [-0.25, -0.2) is 0 Å². The SMILES string of the molecule is CC(C)N(C)S(=O)(=O)N1CCC(CO)C1. The highest BCUT2D eigenvalue weighted by Gasteiger charge is 2.34. The Labute approximate surface area is 91.9 Å².